The number of nitriles is 2. The standard InChI is InChI=1S/C74H39N5/c75-40-42-26-30-45(31-27-42)77(46-32-28-43(41-76)29-33-46)64-39-38-57-66-55(64)20-11-21-56(66)69-70(57)74(79-62-24-7-3-16-49(62)50-17-4-8-25-63(50)79)72-59-37-35-54-52-19-10-13-44-12-9-18-51(65(44)52)53-34-36-58(68(59)67(53)54)71(72)73(69)78-60-22-5-1-14-47(60)48-15-2-6-23-61(48)78/h1-39H. The number of rotatable bonds is 5. The molecule has 79 heavy (non-hydrogen) atoms. The molecule has 0 N–H and O–H groups in total. The number of fused-ring (bicyclic) bond motifs is 14. The highest BCUT2D eigenvalue weighted by atomic mass is 15.1. The molecule has 0 bridgehead atoms. The maximum absolute atomic E-state index is 9.93. The lowest BCUT2D eigenvalue weighted by molar-refractivity contribution is 1.20. The van der Waals surface area contributed by atoms with Crippen LogP contribution in [-0.4, -0.2) is 9.13 Å². The van der Waals surface area contributed by atoms with E-state index in [4.69, 9.17) is 0 Å². The van der Waals surface area contributed by atoms with E-state index in [1.807, 2.05) is 48.5 Å². The zero-order valence-corrected chi connectivity index (χ0v) is 42.3. The van der Waals surface area contributed by atoms with Crippen molar-refractivity contribution in [1.82, 2.24) is 9.13 Å². The predicted octanol–water partition coefficient (Wildman–Crippen LogP) is 19.8. The van der Waals surface area contributed by atoms with Gasteiger partial charge < -0.3 is 14.0 Å². The summed E-state index contributed by atoms with van der Waals surface area (Å²) in [5.74, 6) is 0. The Kier molecular flexibility index (Phi) is 8.20. The summed E-state index contributed by atoms with van der Waals surface area (Å²) in [4.78, 5) is 2.27. The van der Waals surface area contributed by atoms with E-state index >= 15 is 0 Å². The minimum atomic E-state index is 0.590. The molecule has 0 saturated carbocycles. The molecular weight excluding hydrogens is 959 g/mol. The molecule has 5 nitrogen and oxygen atoms in total. The van der Waals surface area contributed by atoms with Crippen LogP contribution in [0, 0.1) is 22.7 Å². The van der Waals surface area contributed by atoms with Crippen molar-refractivity contribution in [2.24, 2.45) is 0 Å². The number of aromatic nitrogens is 2. The average molecular weight is 998 g/mol. The van der Waals surface area contributed by atoms with Crippen LogP contribution in [0.1, 0.15) is 11.1 Å². The van der Waals surface area contributed by atoms with Crippen molar-refractivity contribution >= 4 is 158 Å². The van der Waals surface area contributed by atoms with Crippen molar-refractivity contribution in [3.63, 3.8) is 0 Å². The van der Waals surface area contributed by atoms with Gasteiger partial charge in [-0.1, -0.05) is 158 Å². The quantitative estimate of drug-likeness (QED) is 0.127. The van der Waals surface area contributed by atoms with Gasteiger partial charge >= 0.3 is 0 Å². The van der Waals surface area contributed by atoms with Crippen molar-refractivity contribution in [1.29, 1.82) is 10.5 Å². The Balaban J connectivity index is 1.11. The molecule has 2 aromatic heterocycles. The number of anilines is 3. The molecule has 0 spiro atoms. The van der Waals surface area contributed by atoms with Gasteiger partial charge in [0.1, 0.15) is 0 Å². The van der Waals surface area contributed by atoms with Crippen LogP contribution in [-0.2, 0) is 0 Å². The van der Waals surface area contributed by atoms with Gasteiger partial charge in [-0.05, 0) is 149 Å². The van der Waals surface area contributed by atoms with Gasteiger partial charge in [0.25, 0.3) is 0 Å². The van der Waals surface area contributed by atoms with Gasteiger partial charge in [-0.15, -0.1) is 0 Å². The molecule has 18 aromatic rings. The third-order valence-corrected chi connectivity index (χ3v) is 17.5. The van der Waals surface area contributed by atoms with Crippen LogP contribution in [0.15, 0.2) is 237 Å². The van der Waals surface area contributed by atoms with E-state index in [9.17, 15) is 10.5 Å². The first-order valence-electron chi connectivity index (χ1n) is 26.9. The summed E-state index contributed by atoms with van der Waals surface area (Å²) in [6.07, 6.45) is 0. The van der Waals surface area contributed by atoms with Gasteiger partial charge in [-0.2, -0.15) is 10.5 Å². The SMILES string of the molecule is N#Cc1ccc(N(c2ccc(C#N)cc2)c2ccc3c4c(-n5c6ccccc6c6ccccc65)c5c6ccc7c8cccc9cccc(c%10ccc(c5c(-n5c%11ccccc%11c%11ccccc%115)c4c4cccc2c43)c6c%107)c98)cc1. The van der Waals surface area contributed by atoms with E-state index in [2.05, 4.69) is 214 Å². The fourth-order valence-corrected chi connectivity index (χ4v) is 14.5. The summed E-state index contributed by atoms with van der Waals surface area (Å²) < 4.78 is 5.19. The third-order valence-electron chi connectivity index (χ3n) is 17.5. The molecule has 0 atom stereocenters. The first-order chi connectivity index (χ1) is 39.2. The molecular formula is C74H39N5. The Morgan fingerprint density at radius 3 is 1.04 bits per heavy atom. The Morgan fingerprint density at radius 1 is 0.253 bits per heavy atom. The predicted molar refractivity (Wildman–Crippen MR) is 330 cm³/mol. The summed E-state index contributed by atoms with van der Waals surface area (Å²) in [7, 11) is 0. The number of nitrogens with zero attached hydrogens (tertiary/aromatic N) is 5. The number of hydrogen-bond donors (Lipinski definition) is 0. The molecule has 18 rings (SSSR count). The van der Waals surface area contributed by atoms with Gasteiger partial charge in [0.2, 0.25) is 0 Å². The minimum Gasteiger partial charge on any atom is -0.310 e. The molecule has 2 heterocycles. The van der Waals surface area contributed by atoms with Gasteiger partial charge in [0, 0.05) is 59.9 Å². The lowest BCUT2D eigenvalue weighted by Gasteiger charge is -2.27. The molecule has 0 radical (unpaired) electrons. The van der Waals surface area contributed by atoms with Gasteiger partial charge in [-0.25, -0.2) is 0 Å². The van der Waals surface area contributed by atoms with Crippen molar-refractivity contribution in [2.45, 2.75) is 0 Å². The highest BCUT2D eigenvalue weighted by Crippen LogP contribution is 2.57. The molecule has 16 aromatic carbocycles. The van der Waals surface area contributed by atoms with Crippen LogP contribution in [0.3, 0.4) is 0 Å². The number of benzene rings is 14. The first kappa shape index (κ1) is 42.3. The second-order valence-corrected chi connectivity index (χ2v) is 21.2. The monoisotopic (exact) mass is 997 g/mol. The second-order valence-electron chi connectivity index (χ2n) is 21.2. The zero-order valence-electron chi connectivity index (χ0n) is 42.3. The Bertz CT molecular complexity index is 5330. The molecule has 0 aliphatic heterocycles. The summed E-state index contributed by atoms with van der Waals surface area (Å²) in [5, 5.41) is 46.8. The second kappa shape index (κ2) is 15.3. The van der Waals surface area contributed by atoms with Crippen LogP contribution in [0.5, 0.6) is 0 Å². The largest absolute Gasteiger partial charge is 0.310 e. The van der Waals surface area contributed by atoms with Crippen molar-refractivity contribution < 1.29 is 0 Å². The van der Waals surface area contributed by atoms with Crippen LogP contribution < -0.4 is 4.90 Å². The van der Waals surface area contributed by atoms with Gasteiger partial charge in [0.05, 0.1) is 62.4 Å². The molecule has 0 aliphatic carbocycles. The fourth-order valence-electron chi connectivity index (χ4n) is 14.5. The lowest BCUT2D eigenvalue weighted by Crippen LogP contribution is -2.10. The average Bonchev–Trinajstić information content (AvgIpc) is 2.79. The van der Waals surface area contributed by atoms with E-state index in [1.165, 1.54) is 114 Å². The molecule has 0 saturated heterocycles. The molecule has 360 valence electrons. The zero-order chi connectivity index (χ0) is 51.8. The first-order valence-corrected chi connectivity index (χ1v) is 26.9. The maximum atomic E-state index is 9.93. The third kappa shape index (κ3) is 5.36. The van der Waals surface area contributed by atoms with Crippen molar-refractivity contribution in [3.8, 4) is 23.5 Å². The summed E-state index contributed by atoms with van der Waals surface area (Å²) in [6, 6.07) is 90.8. The van der Waals surface area contributed by atoms with E-state index in [0.29, 0.717) is 11.1 Å². The van der Waals surface area contributed by atoms with Crippen molar-refractivity contribution in [2.75, 3.05) is 4.90 Å². The van der Waals surface area contributed by atoms with Crippen LogP contribution >= 0.6 is 0 Å². The summed E-state index contributed by atoms with van der Waals surface area (Å²) in [6.45, 7) is 0. The Hall–Kier alpha value is -11.0. The van der Waals surface area contributed by atoms with Crippen LogP contribution in [0.4, 0.5) is 17.1 Å². The topological polar surface area (TPSA) is 60.7 Å². The Labute approximate surface area is 451 Å². The van der Waals surface area contributed by atoms with E-state index in [-0.39, 0.29) is 0 Å². The van der Waals surface area contributed by atoms with E-state index in [1.54, 1.807) is 0 Å². The summed E-state index contributed by atoms with van der Waals surface area (Å²) in [5.41, 5.74) is 10.9. The molecule has 0 aliphatic rings. The smallest absolute Gasteiger partial charge is 0.0991 e. The highest BCUT2D eigenvalue weighted by Gasteiger charge is 2.32. The molecule has 0 unspecified atom stereocenters. The van der Waals surface area contributed by atoms with Crippen LogP contribution in [0.25, 0.3) is 152 Å². The van der Waals surface area contributed by atoms with E-state index < -0.39 is 0 Å². The number of hydrogen-bond acceptors (Lipinski definition) is 3. The molecule has 5 heteroatoms. The maximum Gasteiger partial charge on any atom is 0.0991 e. The van der Waals surface area contributed by atoms with Crippen molar-refractivity contribution in [3.05, 3.63) is 248 Å². The molecule has 0 amide bonds. The highest BCUT2D eigenvalue weighted by molar-refractivity contribution is 6.48. The van der Waals surface area contributed by atoms with Gasteiger partial charge in [0.15, 0.2) is 0 Å². The van der Waals surface area contributed by atoms with Gasteiger partial charge in [-0.3, -0.25) is 0 Å². The number of para-hydroxylation sites is 4. The lowest BCUT2D eigenvalue weighted by atomic mass is 9.89. The van der Waals surface area contributed by atoms with E-state index in [0.717, 1.165) is 55.3 Å². The molecule has 0 fully saturated rings. The normalized spacial score (nSPS) is 12.3. The van der Waals surface area contributed by atoms with Crippen LogP contribution in [0.2, 0.25) is 0 Å². The minimum absolute atomic E-state index is 0.590. The Morgan fingerprint density at radius 2 is 0.582 bits per heavy atom. The fraction of sp³-hybridized carbons (Fsp3) is 0. The summed E-state index contributed by atoms with van der Waals surface area (Å²) >= 11 is 0.